The van der Waals surface area contributed by atoms with Crippen LogP contribution in [0, 0.1) is 0 Å². The molecule has 4 atom stereocenters. The number of ether oxygens (including phenoxy) is 5. The molecule has 0 bridgehead atoms. The summed E-state index contributed by atoms with van der Waals surface area (Å²) >= 11 is 0. The van der Waals surface area contributed by atoms with Gasteiger partial charge in [0.05, 0.1) is 32.5 Å². The normalized spacial score (nSPS) is 26.6. The molecule has 0 N–H and O–H groups in total. The van der Waals surface area contributed by atoms with Gasteiger partial charge in [0, 0.05) is 0 Å². The van der Waals surface area contributed by atoms with Gasteiger partial charge in [-0.05, 0) is 29.8 Å². The average Bonchev–Trinajstić information content (AvgIpc) is 3.30. The van der Waals surface area contributed by atoms with Crippen LogP contribution in [0.2, 0.25) is 0 Å². The molecule has 0 amide bonds. The maximum absolute atomic E-state index is 12.4. The molecule has 0 radical (unpaired) electrons. The van der Waals surface area contributed by atoms with Crippen molar-refractivity contribution in [1.29, 1.82) is 0 Å². The van der Waals surface area contributed by atoms with Gasteiger partial charge >= 0.3 is 5.97 Å². The summed E-state index contributed by atoms with van der Waals surface area (Å²) in [6, 6.07) is 16.8. The van der Waals surface area contributed by atoms with Crippen LogP contribution in [0.1, 0.15) is 15.9 Å². The number of fused-ring (bicyclic) bond motifs is 1. The Bertz CT molecular complexity index is 760. The van der Waals surface area contributed by atoms with E-state index in [1.54, 1.807) is 31.4 Å². The van der Waals surface area contributed by atoms with Crippen LogP contribution >= 0.6 is 0 Å². The van der Waals surface area contributed by atoms with E-state index >= 15 is 0 Å². The molecule has 6 nitrogen and oxygen atoms in total. The van der Waals surface area contributed by atoms with Crippen molar-refractivity contribution in [3.8, 4) is 5.75 Å². The Labute approximate surface area is 157 Å². The monoisotopic (exact) mass is 370 g/mol. The summed E-state index contributed by atoms with van der Waals surface area (Å²) in [5, 5.41) is 0. The van der Waals surface area contributed by atoms with E-state index < -0.39 is 12.1 Å². The van der Waals surface area contributed by atoms with Crippen LogP contribution in [0.15, 0.2) is 54.6 Å². The number of esters is 1. The van der Waals surface area contributed by atoms with Gasteiger partial charge < -0.3 is 23.7 Å². The van der Waals surface area contributed by atoms with E-state index in [4.69, 9.17) is 23.7 Å². The molecular formula is C21H22O6. The number of carbonyl (C=O) groups is 1. The van der Waals surface area contributed by atoms with Crippen molar-refractivity contribution < 1.29 is 28.5 Å². The first kappa shape index (κ1) is 18.0. The van der Waals surface area contributed by atoms with Gasteiger partial charge in [0.2, 0.25) is 0 Å². The molecule has 2 fully saturated rings. The second-order valence-corrected chi connectivity index (χ2v) is 6.60. The first-order chi connectivity index (χ1) is 13.2. The van der Waals surface area contributed by atoms with Gasteiger partial charge in [-0.1, -0.05) is 30.3 Å². The maximum Gasteiger partial charge on any atom is 0.338 e. The summed E-state index contributed by atoms with van der Waals surface area (Å²) in [4.78, 5) is 12.4. The van der Waals surface area contributed by atoms with E-state index in [9.17, 15) is 4.79 Å². The quantitative estimate of drug-likeness (QED) is 0.729. The zero-order valence-electron chi connectivity index (χ0n) is 15.1. The lowest BCUT2D eigenvalue weighted by Gasteiger charge is -2.17. The van der Waals surface area contributed by atoms with Crippen molar-refractivity contribution in [2.45, 2.75) is 31.0 Å². The van der Waals surface area contributed by atoms with Crippen LogP contribution in [0.4, 0.5) is 0 Å². The standard InChI is InChI=1S/C21H22O6/c1-23-16-9-7-15(8-10-16)21(22)27-18-13-26-19-17(12-25-20(18)19)24-11-14-5-3-2-4-6-14/h2-10,17-20H,11-13H2,1H3/t17-,18-,19-,20-/m1/s1. The van der Waals surface area contributed by atoms with E-state index in [0.29, 0.717) is 31.1 Å². The Hall–Kier alpha value is -2.41. The Morgan fingerprint density at radius 2 is 1.63 bits per heavy atom. The zero-order chi connectivity index (χ0) is 18.6. The smallest absolute Gasteiger partial charge is 0.338 e. The number of methoxy groups -OCH3 is 1. The van der Waals surface area contributed by atoms with Crippen LogP contribution in [-0.4, -0.2) is 50.7 Å². The lowest BCUT2D eigenvalue weighted by atomic mass is 10.1. The number of hydrogen-bond acceptors (Lipinski definition) is 6. The molecule has 0 aliphatic carbocycles. The molecule has 6 heteroatoms. The summed E-state index contributed by atoms with van der Waals surface area (Å²) in [7, 11) is 1.58. The minimum absolute atomic E-state index is 0.167. The fourth-order valence-electron chi connectivity index (χ4n) is 3.38. The minimum Gasteiger partial charge on any atom is -0.497 e. The molecule has 4 rings (SSSR count). The first-order valence-electron chi connectivity index (χ1n) is 8.98. The largest absolute Gasteiger partial charge is 0.497 e. The Balaban J connectivity index is 1.32. The van der Waals surface area contributed by atoms with E-state index in [-0.39, 0.29) is 18.3 Å². The molecule has 0 unspecified atom stereocenters. The summed E-state index contributed by atoms with van der Waals surface area (Å²) in [6.45, 7) is 1.24. The minimum atomic E-state index is -0.435. The highest BCUT2D eigenvalue weighted by Crippen LogP contribution is 2.31. The van der Waals surface area contributed by atoms with Gasteiger partial charge in [0.15, 0.2) is 6.10 Å². The molecule has 2 aliphatic heterocycles. The highest BCUT2D eigenvalue weighted by molar-refractivity contribution is 5.89. The van der Waals surface area contributed by atoms with Crippen molar-refractivity contribution in [3.05, 3.63) is 65.7 Å². The Morgan fingerprint density at radius 3 is 2.33 bits per heavy atom. The van der Waals surface area contributed by atoms with Crippen LogP contribution in [0.25, 0.3) is 0 Å². The molecule has 2 saturated heterocycles. The third-order valence-electron chi connectivity index (χ3n) is 4.85. The van der Waals surface area contributed by atoms with Gasteiger partial charge in [-0.3, -0.25) is 0 Å². The van der Waals surface area contributed by atoms with E-state index in [1.165, 1.54) is 0 Å². The van der Waals surface area contributed by atoms with Crippen LogP contribution in [0.3, 0.4) is 0 Å². The molecule has 0 aromatic heterocycles. The third kappa shape index (κ3) is 3.98. The molecule has 142 valence electrons. The van der Waals surface area contributed by atoms with Crippen molar-refractivity contribution >= 4 is 5.97 Å². The second kappa shape index (κ2) is 8.08. The molecule has 0 spiro atoms. The van der Waals surface area contributed by atoms with Gasteiger partial charge in [-0.15, -0.1) is 0 Å². The zero-order valence-corrected chi connectivity index (χ0v) is 15.1. The van der Waals surface area contributed by atoms with Gasteiger partial charge in [0.1, 0.15) is 24.1 Å². The predicted molar refractivity (Wildman–Crippen MR) is 96.7 cm³/mol. The van der Waals surface area contributed by atoms with Crippen LogP contribution in [0.5, 0.6) is 5.75 Å². The van der Waals surface area contributed by atoms with Crippen molar-refractivity contribution in [2.24, 2.45) is 0 Å². The number of carbonyl (C=O) groups excluding carboxylic acids is 1. The lowest BCUT2D eigenvalue weighted by molar-refractivity contribution is -0.0471. The summed E-state index contributed by atoms with van der Waals surface area (Å²) in [5.74, 6) is 0.289. The fourth-order valence-corrected chi connectivity index (χ4v) is 3.38. The summed E-state index contributed by atoms with van der Waals surface area (Å²) < 4.78 is 28.3. The average molecular weight is 370 g/mol. The lowest BCUT2D eigenvalue weighted by Crippen LogP contribution is -2.35. The molecule has 0 saturated carbocycles. The number of benzene rings is 2. The van der Waals surface area contributed by atoms with Gasteiger partial charge in [0.25, 0.3) is 0 Å². The fraction of sp³-hybridized carbons (Fsp3) is 0.381. The molecule has 2 heterocycles. The molecule has 2 aromatic rings. The topological polar surface area (TPSA) is 63.2 Å². The first-order valence-corrected chi connectivity index (χ1v) is 8.98. The van der Waals surface area contributed by atoms with Crippen molar-refractivity contribution in [1.82, 2.24) is 0 Å². The third-order valence-corrected chi connectivity index (χ3v) is 4.85. The summed E-state index contributed by atoms with van der Waals surface area (Å²) in [6.07, 6.45) is -1.12. The van der Waals surface area contributed by atoms with E-state index in [0.717, 1.165) is 5.56 Å². The molecule has 27 heavy (non-hydrogen) atoms. The van der Waals surface area contributed by atoms with Crippen LogP contribution < -0.4 is 4.74 Å². The highest BCUT2D eigenvalue weighted by Gasteiger charge is 2.50. The molecular weight excluding hydrogens is 348 g/mol. The summed E-state index contributed by atoms with van der Waals surface area (Å²) in [5.41, 5.74) is 1.57. The Morgan fingerprint density at radius 1 is 0.963 bits per heavy atom. The molecule has 2 aliphatic rings. The van der Waals surface area contributed by atoms with Crippen LogP contribution in [-0.2, 0) is 25.6 Å². The Kier molecular flexibility index (Phi) is 5.38. The second-order valence-electron chi connectivity index (χ2n) is 6.60. The van der Waals surface area contributed by atoms with Gasteiger partial charge in [-0.2, -0.15) is 0 Å². The number of hydrogen-bond donors (Lipinski definition) is 0. The van der Waals surface area contributed by atoms with E-state index in [2.05, 4.69) is 0 Å². The van der Waals surface area contributed by atoms with Crippen molar-refractivity contribution in [2.75, 3.05) is 20.3 Å². The molecule has 2 aromatic carbocycles. The maximum atomic E-state index is 12.4. The van der Waals surface area contributed by atoms with E-state index in [1.807, 2.05) is 30.3 Å². The number of rotatable bonds is 6. The SMILES string of the molecule is COc1ccc(C(=O)O[C@@H]2CO[C@H]3[C@@H]2OC[C@H]3OCc2ccccc2)cc1. The highest BCUT2D eigenvalue weighted by atomic mass is 16.7. The predicted octanol–water partition coefficient (Wildman–Crippen LogP) is 2.60. The van der Waals surface area contributed by atoms with Crippen molar-refractivity contribution in [3.63, 3.8) is 0 Å². The van der Waals surface area contributed by atoms with Gasteiger partial charge in [-0.25, -0.2) is 4.79 Å².